The number of nitrogens with zero attached hydrogens (tertiary/aromatic N) is 4. The minimum absolute atomic E-state index is 0.0104. The lowest BCUT2D eigenvalue weighted by Gasteiger charge is -2.32. The van der Waals surface area contributed by atoms with Crippen LogP contribution in [0.3, 0.4) is 0 Å². The highest BCUT2D eigenvalue weighted by Crippen LogP contribution is 2.39. The number of rotatable bonds is 12. The summed E-state index contributed by atoms with van der Waals surface area (Å²) in [5.74, 6) is -3.02. The first-order valence-corrected chi connectivity index (χ1v) is 13.8. The third-order valence-electron chi connectivity index (χ3n) is 7.38. The van der Waals surface area contributed by atoms with Gasteiger partial charge < -0.3 is 15.7 Å². The van der Waals surface area contributed by atoms with Gasteiger partial charge in [-0.05, 0) is 29.2 Å². The first-order chi connectivity index (χ1) is 21.1. The number of imide groups is 1. The zero-order valence-electron chi connectivity index (χ0n) is 24.3. The summed E-state index contributed by atoms with van der Waals surface area (Å²) in [7, 11) is 0. The Hall–Kier alpha value is -5.59. The fraction of sp³-hybridized carbons (Fsp3) is 0.258. The SMILES string of the molecule is CC(=O)N(C[C@H](NC(=O)NCc1ccccc1)C(=O)O)N1C(=O)N(Cc2ccccc2)[C@](C)(c2ccc(CN=N)cc2)C1=O. The van der Waals surface area contributed by atoms with Gasteiger partial charge in [-0.25, -0.2) is 24.9 Å². The summed E-state index contributed by atoms with van der Waals surface area (Å²) in [6.45, 7) is 2.24. The van der Waals surface area contributed by atoms with Crippen molar-refractivity contribution < 1.29 is 29.1 Å². The molecule has 1 aliphatic rings. The Bertz CT molecular complexity index is 1530. The molecule has 3 aromatic rings. The minimum Gasteiger partial charge on any atom is -0.480 e. The van der Waals surface area contributed by atoms with Gasteiger partial charge >= 0.3 is 18.0 Å². The zero-order chi connectivity index (χ0) is 31.9. The van der Waals surface area contributed by atoms with E-state index in [0.29, 0.717) is 10.6 Å². The molecule has 2 atom stereocenters. The molecule has 1 heterocycles. The summed E-state index contributed by atoms with van der Waals surface area (Å²) in [4.78, 5) is 67.2. The molecule has 0 saturated carbocycles. The number of nitrogens with one attached hydrogen (secondary N) is 3. The Labute approximate surface area is 253 Å². The Morgan fingerprint density at radius 3 is 2.07 bits per heavy atom. The maximum Gasteiger partial charge on any atom is 0.347 e. The molecule has 0 radical (unpaired) electrons. The predicted octanol–water partition coefficient (Wildman–Crippen LogP) is 3.61. The van der Waals surface area contributed by atoms with Crippen molar-refractivity contribution in [3.63, 3.8) is 0 Å². The Kier molecular flexibility index (Phi) is 9.68. The number of hydrogen-bond acceptors (Lipinski definition) is 7. The van der Waals surface area contributed by atoms with Crippen LogP contribution in [-0.4, -0.2) is 62.5 Å². The van der Waals surface area contributed by atoms with Crippen LogP contribution in [0.25, 0.3) is 0 Å². The van der Waals surface area contributed by atoms with Crippen molar-refractivity contribution in [3.8, 4) is 0 Å². The third-order valence-corrected chi connectivity index (χ3v) is 7.38. The van der Waals surface area contributed by atoms with Crippen molar-refractivity contribution in [1.29, 1.82) is 5.53 Å². The third kappa shape index (κ3) is 6.72. The molecule has 0 aliphatic carbocycles. The second-order valence-electron chi connectivity index (χ2n) is 10.4. The summed E-state index contributed by atoms with van der Waals surface area (Å²) >= 11 is 0. The van der Waals surface area contributed by atoms with E-state index in [1.54, 1.807) is 79.7 Å². The van der Waals surface area contributed by atoms with Crippen LogP contribution < -0.4 is 10.6 Å². The molecule has 0 aromatic heterocycles. The largest absolute Gasteiger partial charge is 0.480 e. The van der Waals surface area contributed by atoms with Crippen LogP contribution in [0.4, 0.5) is 9.59 Å². The van der Waals surface area contributed by atoms with Gasteiger partial charge in [-0.1, -0.05) is 84.9 Å². The fourth-order valence-corrected chi connectivity index (χ4v) is 4.92. The van der Waals surface area contributed by atoms with Gasteiger partial charge in [0.2, 0.25) is 5.91 Å². The van der Waals surface area contributed by atoms with E-state index in [9.17, 15) is 29.1 Å². The van der Waals surface area contributed by atoms with E-state index in [1.165, 1.54) is 4.90 Å². The summed E-state index contributed by atoms with van der Waals surface area (Å²) in [5, 5.41) is 19.6. The quantitative estimate of drug-likeness (QED) is 0.183. The molecule has 3 aromatic carbocycles. The molecule has 4 N–H and O–H groups in total. The van der Waals surface area contributed by atoms with Crippen LogP contribution in [0.1, 0.15) is 36.1 Å². The number of hydrogen-bond donors (Lipinski definition) is 4. The van der Waals surface area contributed by atoms with Gasteiger partial charge in [0.15, 0.2) is 0 Å². The van der Waals surface area contributed by atoms with Crippen molar-refractivity contribution in [1.82, 2.24) is 25.6 Å². The second kappa shape index (κ2) is 13.6. The van der Waals surface area contributed by atoms with Crippen LogP contribution in [-0.2, 0) is 39.6 Å². The molecule has 1 aliphatic heterocycles. The molecule has 0 spiro atoms. The highest BCUT2D eigenvalue weighted by atomic mass is 16.4. The minimum atomic E-state index is -1.65. The first kappa shape index (κ1) is 31.3. The molecule has 13 heteroatoms. The summed E-state index contributed by atoms with van der Waals surface area (Å²) in [5.41, 5.74) is 8.21. The Morgan fingerprint density at radius 1 is 0.932 bits per heavy atom. The molecule has 4 rings (SSSR count). The smallest absolute Gasteiger partial charge is 0.347 e. The van der Waals surface area contributed by atoms with E-state index in [0.717, 1.165) is 28.6 Å². The van der Waals surface area contributed by atoms with E-state index >= 15 is 0 Å². The van der Waals surface area contributed by atoms with Gasteiger partial charge in [0.05, 0.1) is 13.1 Å². The van der Waals surface area contributed by atoms with E-state index in [1.807, 2.05) is 12.1 Å². The van der Waals surface area contributed by atoms with Crippen LogP contribution in [0, 0.1) is 5.53 Å². The van der Waals surface area contributed by atoms with Gasteiger partial charge in [0.25, 0.3) is 5.91 Å². The van der Waals surface area contributed by atoms with Crippen LogP contribution in [0.5, 0.6) is 0 Å². The van der Waals surface area contributed by atoms with Crippen LogP contribution in [0.15, 0.2) is 90.0 Å². The maximum atomic E-state index is 14.2. The van der Waals surface area contributed by atoms with Gasteiger partial charge in [0, 0.05) is 20.0 Å². The Balaban J connectivity index is 1.63. The number of aliphatic carboxylic acids is 1. The lowest BCUT2D eigenvalue weighted by molar-refractivity contribution is -0.158. The van der Waals surface area contributed by atoms with E-state index < -0.39 is 48.0 Å². The number of carbonyl (C=O) groups is 5. The van der Waals surface area contributed by atoms with Crippen molar-refractivity contribution in [2.45, 2.75) is 45.1 Å². The fourth-order valence-electron chi connectivity index (χ4n) is 4.92. The molecule has 1 fully saturated rings. The highest BCUT2D eigenvalue weighted by molar-refractivity contribution is 6.08. The first-order valence-electron chi connectivity index (χ1n) is 13.8. The second-order valence-corrected chi connectivity index (χ2v) is 10.4. The average molecular weight is 600 g/mol. The van der Waals surface area contributed by atoms with Crippen molar-refractivity contribution in [3.05, 3.63) is 107 Å². The average Bonchev–Trinajstić information content (AvgIpc) is 3.20. The Morgan fingerprint density at radius 2 is 1.52 bits per heavy atom. The van der Waals surface area contributed by atoms with Gasteiger partial charge in [-0.2, -0.15) is 10.1 Å². The molecule has 44 heavy (non-hydrogen) atoms. The summed E-state index contributed by atoms with van der Waals surface area (Å²) < 4.78 is 0. The monoisotopic (exact) mass is 599 g/mol. The number of carbonyl (C=O) groups excluding carboxylic acids is 4. The number of amides is 6. The molecule has 228 valence electrons. The van der Waals surface area contributed by atoms with Crippen molar-refractivity contribution in [2.24, 2.45) is 5.11 Å². The number of carboxylic acid groups (broad SMARTS) is 1. The molecule has 1 saturated heterocycles. The van der Waals surface area contributed by atoms with Crippen molar-refractivity contribution >= 4 is 29.8 Å². The lowest BCUT2D eigenvalue weighted by atomic mass is 9.89. The number of benzene rings is 3. The number of urea groups is 2. The van der Waals surface area contributed by atoms with Crippen LogP contribution >= 0.6 is 0 Å². The van der Waals surface area contributed by atoms with Gasteiger partial charge in [-0.15, -0.1) is 0 Å². The van der Waals surface area contributed by atoms with E-state index in [2.05, 4.69) is 15.7 Å². The van der Waals surface area contributed by atoms with Crippen molar-refractivity contribution in [2.75, 3.05) is 6.54 Å². The zero-order valence-corrected chi connectivity index (χ0v) is 24.3. The summed E-state index contributed by atoms with van der Waals surface area (Å²) in [6, 6.07) is 21.4. The summed E-state index contributed by atoms with van der Waals surface area (Å²) in [6.07, 6.45) is 0. The molecule has 6 amide bonds. The normalized spacial score (nSPS) is 16.8. The molecule has 13 nitrogen and oxygen atoms in total. The molecule has 0 unspecified atom stereocenters. The molecule has 0 bridgehead atoms. The number of hydrazine groups is 1. The molecular weight excluding hydrogens is 566 g/mol. The standard InChI is InChI=1S/C31H33N7O6/c1-21(39)37(20-26(27(40)41)35-29(43)33-17-22-9-5-3-6-10-22)38-28(42)31(2,25-15-13-23(14-16-25)18-34-32)36(30(38)44)19-24-11-7-4-8-12-24/h3-16,26,32H,17-20H2,1-2H3,(H,40,41)(H2,33,35,43)/t26-,31+/m0/s1. The maximum absolute atomic E-state index is 14.2. The van der Waals surface area contributed by atoms with Gasteiger partial charge in [-0.3, -0.25) is 14.5 Å². The molecular formula is C31H33N7O6. The predicted molar refractivity (Wildman–Crippen MR) is 157 cm³/mol. The van der Waals surface area contributed by atoms with E-state index in [4.69, 9.17) is 5.53 Å². The van der Waals surface area contributed by atoms with E-state index in [-0.39, 0.29) is 19.6 Å². The van der Waals surface area contributed by atoms with Gasteiger partial charge in [0.1, 0.15) is 11.6 Å². The topological polar surface area (TPSA) is 176 Å². The number of carboxylic acids is 1. The van der Waals surface area contributed by atoms with Crippen LogP contribution in [0.2, 0.25) is 0 Å². The highest BCUT2D eigenvalue weighted by Gasteiger charge is 2.58. The lowest BCUT2D eigenvalue weighted by Crippen LogP contribution is -2.58.